The molecule has 1 saturated heterocycles. The molecule has 0 saturated carbocycles. The molecule has 8 heteroatoms. The Bertz CT molecular complexity index is 590. The van der Waals surface area contributed by atoms with Crippen LogP contribution in [0.5, 0.6) is 5.75 Å². The zero-order valence-corrected chi connectivity index (χ0v) is 17.8. The monoisotopic (exact) mass is 476 g/mol. The van der Waals surface area contributed by atoms with Crippen molar-refractivity contribution in [3.05, 3.63) is 29.8 Å². The average Bonchev–Trinajstić information content (AvgIpc) is 2.63. The van der Waals surface area contributed by atoms with E-state index in [0.29, 0.717) is 32.2 Å². The largest absolute Gasteiger partial charge is 0.496 e. The molecule has 1 heterocycles. The van der Waals surface area contributed by atoms with Crippen molar-refractivity contribution in [3.63, 3.8) is 0 Å². The van der Waals surface area contributed by atoms with E-state index in [4.69, 9.17) is 15.2 Å². The third kappa shape index (κ3) is 6.89. The van der Waals surface area contributed by atoms with Crippen molar-refractivity contribution < 1.29 is 14.3 Å². The summed E-state index contributed by atoms with van der Waals surface area (Å²) in [5.74, 6) is 1.32. The van der Waals surface area contributed by atoms with Gasteiger partial charge < -0.3 is 25.4 Å². The van der Waals surface area contributed by atoms with Crippen molar-refractivity contribution in [1.82, 2.24) is 10.2 Å². The number of para-hydroxylation sites is 1. The van der Waals surface area contributed by atoms with Crippen molar-refractivity contribution in [2.24, 2.45) is 10.7 Å². The number of rotatable bonds is 6. The minimum atomic E-state index is -0.237. The molecular weight excluding hydrogens is 447 g/mol. The highest BCUT2D eigenvalue weighted by atomic mass is 127. The van der Waals surface area contributed by atoms with Gasteiger partial charge in [0, 0.05) is 25.7 Å². The van der Waals surface area contributed by atoms with Gasteiger partial charge in [0.1, 0.15) is 5.75 Å². The first-order valence-electron chi connectivity index (χ1n) is 8.74. The van der Waals surface area contributed by atoms with Crippen LogP contribution in [0.15, 0.2) is 29.3 Å². The summed E-state index contributed by atoms with van der Waals surface area (Å²) in [6, 6.07) is 8.15. The highest BCUT2D eigenvalue weighted by Gasteiger charge is 2.23. The second-order valence-electron chi connectivity index (χ2n) is 5.93. The maximum absolute atomic E-state index is 11.7. The molecule has 26 heavy (non-hydrogen) atoms. The zero-order valence-electron chi connectivity index (χ0n) is 15.4. The normalized spacial score (nSPS) is 15.2. The Morgan fingerprint density at radius 3 is 2.69 bits per heavy atom. The minimum absolute atomic E-state index is 0. The Hall–Kier alpha value is -1.71. The average molecular weight is 476 g/mol. The summed E-state index contributed by atoms with van der Waals surface area (Å²) in [7, 11) is 1.67. The number of hydrogen-bond donors (Lipinski definition) is 2. The maximum atomic E-state index is 11.7. The van der Waals surface area contributed by atoms with Gasteiger partial charge in [-0.3, -0.25) is 4.99 Å². The number of nitrogens with zero attached hydrogens (tertiary/aromatic N) is 2. The lowest BCUT2D eigenvalue weighted by molar-refractivity contribution is 0.0963. The van der Waals surface area contributed by atoms with Crippen LogP contribution in [0.4, 0.5) is 4.79 Å². The first-order chi connectivity index (χ1) is 12.1. The van der Waals surface area contributed by atoms with E-state index in [0.717, 1.165) is 30.6 Å². The molecule has 1 aromatic rings. The molecule has 0 aliphatic carbocycles. The topological polar surface area (TPSA) is 89.2 Å². The molecular formula is C18H29IN4O3. The number of amides is 1. The molecule has 1 amide bonds. The summed E-state index contributed by atoms with van der Waals surface area (Å²) >= 11 is 0. The number of halogens is 1. The van der Waals surface area contributed by atoms with Crippen LogP contribution in [0.2, 0.25) is 0 Å². The van der Waals surface area contributed by atoms with E-state index >= 15 is 0 Å². The molecule has 2 rings (SSSR count). The quantitative estimate of drug-likeness (QED) is 0.374. The fraction of sp³-hybridized carbons (Fsp3) is 0.556. The molecule has 0 atom stereocenters. The molecule has 1 aromatic carbocycles. The van der Waals surface area contributed by atoms with E-state index in [9.17, 15) is 4.79 Å². The first-order valence-corrected chi connectivity index (χ1v) is 8.74. The second kappa shape index (κ2) is 11.8. The molecule has 1 aliphatic heterocycles. The zero-order chi connectivity index (χ0) is 18.1. The van der Waals surface area contributed by atoms with Gasteiger partial charge in [0.05, 0.1) is 13.7 Å². The summed E-state index contributed by atoms with van der Waals surface area (Å²) in [5, 5.41) is 3.24. The van der Waals surface area contributed by atoms with Crippen LogP contribution in [0, 0.1) is 0 Å². The minimum Gasteiger partial charge on any atom is -0.496 e. The lowest BCUT2D eigenvalue weighted by Crippen LogP contribution is -2.48. The summed E-state index contributed by atoms with van der Waals surface area (Å²) in [4.78, 5) is 17.8. The molecule has 146 valence electrons. The number of ether oxygens (including phenoxy) is 2. The van der Waals surface area contributed by atoms with Gasteiger partial charge in [-0.2, -0.15) is 0 Å². The van der Waals surface area contributed by atoms with Crippen molar-refractivity contribution in [3.8, 4) is 5.75 Å². The molecule has 1 fully saturated rings. The van der Waals surface area contributed by atoms with Crippen LogP contribution in [0.25, 0.3) is 0 Å². The van der Waals surface area contributed by atoms with Gasteiger partial charge >= 0.3 is 6.09 Å². The summed E-state index contributed by atoms with van der Waals surface area (Å²) < 4.78 is 10.4. The third-order valence-electron chi connectivity index (χ3n) is 4.23. The van der Waals surface area contributed by atoms with Gasteiger partial charge in [-0.05, 0) is 37.8 Å². The highest BCUT2D eigenvalue weighted by molar-refractivity contribution is 14.0. The Morgan fingerprint density at radius 1 is 1.35 bits per heavy atom. The van der Waals surface area contributed by atoms with E-state index in [1.54, 1.807) is 12.0 Å². The molecule has 7 nitrogen and oxygen atoms in total. The fourth-order valence-corrected chi connectivity index (χ4v) is 2.88. The lowest BCUT2D eigenvalue weighted by atomic mass is 10.1. The van der Waals surface area contributed by atoms with Gasteiger partial charge in [-0.15, -0.1) is 24.0 Å². The Labute approximate surface area is 172 Å². The van der Waals surface area contributed by atoms with Crippen molar-refractivity contribution in [2.45, 2.75) is 32.2 Å². The van der Waals surface area contributed by atoms with Crippen LogP contribution >= 0.6 is 24.0 Å². The molecule has 3 N–H and O–H groups in total. The first kappa shape index (κ1) is 22.3. The Kier molecular flexibility index (Phi) is 10.2. The van der Waals surface area contributed by atoms with Gasteiger partial charge in [0.2, 0.25) is 0 Å². The van der Waals surface area contributed by atoms with Crippen LogP contribution < -0.4 is 15.8 Å². The molecule has 0 radical (unpaired) electrons. The Balaban J connectivity index is 0.00000338. The number of carbonyl (C=O) groups is 1. The molecule has 0 unspecified atom stereocenters. The number of hydrogen-bond acceptors (Lipinski definition) is 4. The van der Waals surface area contributed by atoms with E-state index in [1.165, 1.54) is 0 Å². The van der Waals surface area contributed by atoms with Gasteiger partial charge in [0.15, 0.2) is 5.96 Å². The van der Waals surface area contributed by atoms with Crippen LogP contribution in [-0.2, 0) is 11.2 Å². The molecule has 1 aliphatic rings. The number of benzene rings is 1. The van der Waals surface area contributed by atoms with Crippen molar-refractivity contribution >= 4 is 36.0 Å². The van der Waals surface area contributed by atoms with Crippen molar-refractivity contribution in [1.29, 1.82) is 0 Å². The number of nitrogens with one attached hydrogen (secondary N) is 1. The fourth-order valence-electron chi connectivity index (χ4n) is 2.88. The van der Waals surface area contributed by atoms with Crippen molar-refractivity contribution in [2.75, 3.05) is 33.4 Å². The SMILES string of the molecule is CCOC(=O)N1CCC(NC(N)=NCCc2ccccc2OC)CC1.I. The number of nitrogens with two attached hydrogens (primary N) is 1. The number of piperidine rings is 1. The van der Waals surface area contributed by atoms with Crippen LogP contribution in [0.1, 0.15) is 25.3 Å². The smallest absolute Gasteiger partial charge is 0.409 e. The van der Waals surface area contributed by atoms with E-state index in [-0.39, 0.29) is 36.1 Å². The van der Waals surface area contributed by atoms with Gasteiger partial charge in [0.25, 0.3) is 0 Å². The number of likely N-dealkylation sites (tertiary alicyclic amines) is 1. The molecule has 0 aromatic heterocycles. The predicted octanol–water partition coefficient (Wildman–Crippen LogP) is 2.38. The number of guanidine groups is 1. The number of aliphatic imine (C=N–C) groups is 1. The predicted molar refractivity (Wildman–Crippen MR) is 113 cm³/mol. The standard InChI is InChI=1S/C18H28N4O3.HI/c1-3-25-18(23)22-12-9-15(10-13-22)21-17(19)20-11-8-14-6-4-5-7-16(14)24-2;/h4-7,15H,3,8-13H2,1-2H3,(H3,19,20,21);1H. The van der Waals surface area contributed by atoms with Gasteiger partial charge in [-0.1, -0.05) is 18.2 Å². The Morgan fingerprint density at radius 2 is 2.04 bits per heavy atom. The molecule has 0 spiro atoms. The summed E-state index contributed by atoms with van der Waals surface area (Å²) in [5.41, 5.74) is 7.10. The number of carbonyl (C=O) groups excluding carboxylic acids is 1. The summed E-state index contributed by atoms with van der Waals surface area (Å²) in [6.07, 6.45) is 2.20. The van der Waals surface area contributed by atoms with E-state index in [2.05, 4.69) is 10.3 Å². The van der Waals surface area contributed by atoms with Gasteiger partial charge in [-0.25, -0.2) is 4.79 Å². The maximum Gasteiger partial charge on any atom is 0.409 e. The van der Waals surface area contributed by atoms with Crippen LogP contribution in [0.3, 0.4) is 0 Å². The lowest BCUT2D eigenvalue weighted by Gasteiger charge is -2.31. The second-order valence-corrected chi connectivity index (χ2v) is 5.93. The summed E-state index contributed by atoms with van der Waals surface area (Å²) in [6.45, 7) is 4.16. The number of methoxy groups -OCH3 is 1. The highest BCUT2D eigenvalue weighted by Crippen LogP contribution is 2.17. The van der Waals surface area contributed by atoms with E-state index in [1.807, 2.05) is 31.2 Å². The third-order valence-corrected chi connectivity index (χ3v) is 4.23. The van der Waals surface area contributed by atoms with Crippen LogP contribution in [-0.4, -0.2) is 56.3 Å². The van der Waals surface area contributed by atoms with E-state index < -0.39 is 0 Å². The molecule has 0 bridgehead atoms.